The van der Waals surface area contributed by atoms with E-state index in [0.29, 0.717) is 23.0 Å². The zero-order chi connectivity index (χ0) is 19.5. The molecule has 4 nitrogen and oxygen atoms in total. The maximum Gasteiger partial charge on any atom is 0.229 e. The number of allylic oxidation sites excluding steroid dienone is 1. The quantitative estimate of drug-likeness (QED) is 0.554. The Labute approximate surface area is 164 Å². The molecule has 0 amide bonds. The first-order valence-electron chi connectivity index (χ1n) is 9.57. The van der Waals surface area contributed by atoms with Gasteiger partial charge in [0.2, 0.25) is 5.95 Å². The molecule has 2 N–H and O–H groups in total. The van der Waals surface area contributed by atoms with E-state index in [2.05, 4.69) is 39.7 Å². The van der Waals surface area contributed by atoms with Crippen molar-refractivity contribution in [2.24, 2.45) is 0 Å². The van der Waals surface area contributed by atoms with Gasteiger partial charge in [-0.2, -0.15) is 4.98 Å². The molecule has 4 rings (SSSR count). The standard InChI is InChI=1S/C23H23FN4/c1-3-4-16-5-8-18(9-6-16)26-23-25-12-11-21(28-23)27-20-10-7-17-13-15(2)14-19(17)22(20)24/h5-12,14H,3-4,13H2,1-2H3,(H2,25,26,27,28). The molecular weight excluding hydrogens is 351 g/mol. The Morgan fingerprint density at radius 1 is 1.04 bits per heavy atom. The van der Waals surface area contributed by atoms with Crippen LogP contribution in [0.1, 0.15) is 37.0 Å². The fourth-order valence-corrected chi connectivity index (χ4v) is 3.44. The lowest BCUT2D eigenvalue weighted by Crippen LogP contribution is -2.02. The first kappa shape index (κ1) is 18.2. The highest BCUT2D eigenvalue weighted by molar-refractivity contribution is 5.71. The van der Waals surface area contributed by atoms with E-state index in [1.165, 1.54) is 11.1 Å². The van der Waals surface area contributed by atoms with Crippen LogP contribution in [0.4, 0.5) is 27.5 Å². The van der Waals surface area contributed by atoms with Crippen LogP contribution in [0.5, 0.6) is 0 Å². The van der Waals surface area contributed by atoms with Gasteiger partial charge < -0.3 is 10.6 Å². The molecule has 0 fully saturated rings. The predicted molar refractivity (Wildman–Crippen MR) is 113 cm³/mol. The summed E-state index contributed by atoms with van der Waals surface area (Å²) < 4.78 is 14.8. The van der Waals surface area contributed by atoms with E-state index in [1.54, 1.807) is 18.3 Å². The summed E-state index contributed by atoms with van der Waals surface area (Å²) in [6.07, 6.45) is 6.56. The van der Waals surface area contributed by atoms with Crippen LogP contribution in [0, 0.1) is 5.82 Å². The third-order valence-electron chi connectivity index (χ3n) is 4.80. The van der Waals surface area contributed by atoms with E-state index in [-0.39, 0.29) is 5.82 Å². The summed E-state index contributed by atoms with van der Waals surface area (Å²) in [5.41, 5.74) is 5.50. The highest BCUT2D eigenvalue weighted by atomic mass is 19.1. The Morgan fingerprint density at radius 2 is 1.86 bits per heavy atom. The maximum absolute atomic E-state index is 14.8. The van der Waals surface area contributed by atoms with Gasteiger partial charge in [-0.25, -0.2) is 9.37 Å². The first-order chi connectivity index (χ1) is 13.6. The van der Waals surface area contributed by atoms with Crippen molar-refractivity contribution in [3.05, 3.63) is 76.7 Å². The lowest BCUT2D eigenvalue weighted by atomic mass is 10.1. The molecule has 5 heteroatoms. The molecule has 1 aliphatic carbocycles. The number of fused-ring (bicyclic) bond motifs is 1. The first-order valence-corrected chi connectivity index (χ1v) is 9.57. The number of nitrogens with one attached hydrogen (secondary N) is 2. The average molecular weight is 374 g/mol. The zero-order valence-electron chi connectivity index (χ0n) is 16.1. The van der Waals surface area contributed by atoms with Crippen LogP contribution in [-0.2, 0) is 12.8 Å². The van der Waals surface area contributed by atoms with Crippen LogP contribution in [0.15, 0.2) is 54.2 Å². The second-order valence-corrected chi connectivity index (χ2v) is 7.13. The fraction of sp³-hybridized carbons (Fsp3) is 0.217. The molecule has 1 aliphatic rings. The molecule has 0 bridgehead atoms. The number of rotatable bonds is 6. The van der Waals surface area contributed by atoms with E-state index in [4.69, 9.17) is 0 Å². The van der Waals surface area contributed by atoms with Crippen molar-refractivity contribution >= 4 is 29.2 Å². The normalized spacial score (nSPS) is 12.5. The molecule has 0 spiro atoms. The lowest BCUT2D eigenvalue weighted by molar-refractivity contribution is 0.628. The van der Waals surface area contributed by atoms with E-state index in [1.807, 2.05) is 31.2 Å². The molecule has 0 atom stereocenters. The number of hydrogen-bond acceptors (Lipinski definition) is 4. The highest BCUT2D eigenvalue weighted by Crippen LogP contribution is 2.32. The molecular formula is C23H23FN4. The van der Waals surface area contributed by atoms with Crippen LogP contribution in [-0.4, -0.2) is 9.97 Å². The van der Waals surface area contributed by atoms with Crippen molar-refractivity contribution in [2.75, 3.05) is 10.6 Å². The molecule has 0 saturated carbocycles. The number of hydrogen-bond donors (Lipinski definition) is 2. The minimum Gasteiger partial charge on any atom is -0.338 e. The summed E-state index contributed by atoms with van der Waals surface area (Å²) in [6, 6.07) is 13.7. The van der Waals surface area contributed by atoms with Crippen molar-refractivity contribution in [3.8, 4) is 0 Å². The molecule has 142 valence electrons. The van der Waals surface area contributed by atoms with Gasteiger partial charge in [0.25, 0.3) is 0 Å². The molecule has 28 heavy (non-hydrogen) atoms. The Bertz CT molecular complexity index is 1030. The summed E-state index contributed by atoms with van der Waals surface area (Å²) in [5.74, 6) is 0.761. The van der Waals surface area contributed by atoms with Crippen molar-refractivity contribution in [2.45, 2.75) is 33.1 Å². The van der Waals surface area contributed by atoms with Gasteiger partial charge in [0.1, 0.15) is 5.82 Å². The summed E-state index contributed by atoms with van der Waals surface area (Å²) in [6.45, 7) is 4.18. The van der Waals surface area contributed by atoms with Gasteiger partial charge in [0, 0.05) is 17.4 Å². The number of aromatic nitrogens is 2. The Kier molecular flexibility index (Phi) is 5.06. The number of benzene rings is 2. The SMILES string of the molecule is CCCc1ccc(Nc2nccc(Nc3ccc4c(c3F)C=C(C)C4)n2)cc1. The van der Waals surface area contributed by atoms with Crippen molar-refractivity contribution in [1.29, 1.82) is 0 Å². The second kappa shape index (κ2) is 7.80. The second-order valence-electron chi connectivity index (χ2n) is 7.13. The van der Waals surface area contributed by atoms with Gasteiger partial charge in [-0.1, -0.05) is 43.2 Å². The van der Waals surface area contributed by atoms with Crippen LogP contribution in [0.2, 0.25) is 0 Å². The van der Waals surface area contributed by atoms with Crippen molar-refractivity contribution in [1.82, 2.24) is 9.97 Å². The molecule has 1 aromatic heterocycles. The molecule has 0 aliphatic heterocycles. The molecule has 3 aromatic rings. The van der Waals surface area contributed by atoms with E-state index in [0.717, 1.165) is 30.5 Å². The molecule has 0 radical (unpaired) electrons. The summed E-state index contributed by atoms with van der Waals surface area (Å²) in [4.78, 5) is 8.72. The van der Waals surface area contributed by atoms with Crippen LogP contribution in [0.25, 0.3) is 6.08 Å². The largest absolute Gasteiger partial charge is 0.338 e. The number of halogens is 1. The topological polar surface area (TPSA) is 49.8 Å². The van der Waals surface area contributed by atoms with Crippen LogP contribution >= 0.6 is 0 Å². The van der Waals surface area contributed by atoms with Gasteiger partial charge in [-0.05, 0) is 55.2 Å². The summed E-state index contributed by atoms with van der Waals surface area (Å²) >= 11 is 0. The van der Waals surface area contributed by atoms with E-state index >= 15 is 0 Å². The van der Waals surface area contributed by atoms with Crippen molar-refractivity contribution in [3.63, 3.8) is 0 Å². The molecule has 0 unspecified atom stereocenters. The average Bonchev–Trinajstić information content (AvgIpc) is 3.08. The lowest BCUT2D eigenvalue weighted by Gasteiger charge is -2.11. The predicted octanol–water partition coefficient (Wildman–Crippen LogP) is 6.01. The number of anilines is 4. The minimum atomic E-state index is -0.242. The third-order valence-corrected chi connectivity index (χ3v) is 4.80. The number of aryl methyl sites for hydroxylation is 1. The van der Waals surface area contributed by atoms with Gasteiger partial charge in [-0.15, -0.1) is 0 Å². The van der Waals surface area contributed by atoms with Crippen LogP contribution < -0.4 is 10.6 Å². The van der Waals surface area contributed by atoms with Gasteiger partial charge in [0.15, 0.2) is 5.82 Å². The van der Waals surface area contributed by atoms with E-state index in [9.17, 15) is 4.39 Å². The Morgan fingerprint density at radius 3 is 2.64 bits per heavy atom. The summed E-state index contributed by atoms with van der Waals surface area (Å²) in [7, 11) is 0. The van der Waals surface area contributed by atoms with Gasteiger partial charge in [0.05, 0.1) is 5.69 Å². The van der Waals surface area contributed by atoms with E-state index < -0.39 is 0 Å². The fourth-order valence-electron chi connectivity index (χ4n) is 3.44. The van der Waals surface area contributed by atoms with Crippen LogP contribution in [0.3, 0.4) is 0 Å². The maximum atomic E-state index is 14.8. The summed E-state index contributed by atoms with van der Waals surface area (Å²) in [5, 5.41) is 6.27. The van der Waals surface area contributed by atoms with Gasteiger partial charge in [-0.3, -0.25) is 0 Å². The molecule has 0 saturated heterocycles. The Balaban J connectivity index is 1.51. The minimum absolute atomic E-state index is 0.242. The molecule has 2 aromatic carbocycles. The Hall–Kier alpha value is -3.21. The third kappa shape index (κ3) is 3.88. The zero-order valence-corrected chi connectivity index (χ0v) is 16.1. The van der Waals surface area contributed by atoms with Gasteiger partial charge >= 0.3 is 0 Å². The highest BCUT2D eigenvalue weighted by Gasteiger charge is 2.17. The van der Waals surface area contributed by atoms with Crippen molar-refractivity contribution < 1.29 is 4.39 Å². The smallest absolute Gasteiger partial charge is 0.229 e. The number of nitrogens with zero attached hydrogens (tertiary/aromatic N) is 2. The molecule has 1 heterocycles. The monoisotopic (exact) mass is 374 g/mol.